The molecule has 0 heterocycles. The summed E-state index contributed by atoms with van der Waals surface area (Å²) in [5.74, 6) is -28.0. The largest absolute Gasteiger partial charge is 0.464 e. The van der Waals surface area contributed by atoms with Crippen LogP contribution in [0.3, 0.4) is 0 Å². The van der Waals surface area contributed by atoms with Gasteiger partial charge in [-0.15, -0.1) is 0 Å². The first-order valence-corrected chi connectivity index (χ1v) is 13.9. The molecule has 0 aliphatic carbocycles. The van der Waals surface area contributed by atoms with Gasteiger partial charge in [-0.2, -0.15) is 26.3 Å². The maximum absolute atomic E-state index is 14.8. The second-order valence-electron chi connectivity index (χ2n) is 9.94. The molecule has 0 fully saturated rings. The molecular weight excluding hydrogens is 674 g/mol. The summed E-state index contributed by atoms with van der Waals surface area (Å²) in [6, 6.07) is 0. The average Bonchev–Trinajstić information content (AvgIpc) is 3.02. The normalized spacial score (nSPS) is 14.9. The SMILES string of the molecule is C=C(C)C(=O)OC(CC(=O)OC(CC)C(F)(F)C(=O)OC)(CC(=O)OC(CC)C(F)(F)C(=O)OC)C(=O)OC(CC)C(F)(F)C(=O)OC. The van der Waals surface area contributed by atoms with Crippen molar-refractivity contribution in [2.45, 2.75) is 101 Å². The van der Waals surface area contributed by atoms with Crippen molar-refractivity contribution < 1.29 is 93.1 Å². The van der Waals surface area contributed by atoms with Gasteiger partial charge in [0.25, 0.3) is 0 Å². The molecule has 0 radical (unpaired) electrons. The van der Waals surface area contributed by atoms with Gasteiger partial charge >= 0.3 is 59.6 Å². The summed E-state index contributed by atoms with van der Waals surface area (Å²) in [5, 5.41) is 0. The van der Waals surface area contributed by atoms with Crippen molar-refractivity contribution in [1.29, 1.82) is 0 Å². The van der Waals surface area contributed by atoms with Crippen molar-refractivity contribution in [3.05, 3.63) is 12.2 Å². The van der Waals surface area contributed by atoms with Crippen LogP contribution in [0.5, 0.6) is 0 Å². The van der Waals surface area contributed by atoms with Crippen LogP contribution in [-0.4, -0.2) is 105 Å². The molecule has 3 unspecified atom stereocenters. The molecule has 0 aromatic heterocycles. The van der Waals surface area contributed by atoms with E-state index in [-0.39, 0.29) is 0 Å². The summed E-state index contributed by atoms with van der Waals surface area (Å²) in [7, 11) is 1.71. The predicted octanol–water partition coefficient (Wildman–Crippen LogP) is 3.02. The zero-order chi connectivity index (χ0) is 37.8. The smallest absolute Gasteiger partial charge is 0.380 e. The molecule has 0 saturated carbocycles. The molecule has 0 aliphatic rings. The van der Waals surface area contributed by atoms with E-state index >= 15 is 0 Å². The summed E-state index contributed by atoms with van der Waals surface area (Å²) >= 11 is 0. The van der Waals surface area contributed by atoms with Crippen LogP contribution in [0.25, 0.3) is 0 Å². The van der Waals surface area contributed by atoms with Crippen molar-refractivity contribution in [2.24, 2.45) is 0 Å². The minimum absolute atomic E-state index is 0.554. The molecule has 0 rings (SSSR count). The summed E-state index contributed by atoms with van der Waals surface area (Å²) in [4.78, 5) is 87.2. The van der Waals surface area contributed by atoms with E-state index in [9.17, 15) is 59.9 Å². The van der Waals surface area contributed by atoms with Gasteiger partial charge in [-0.05, 0) is 26.2 Å². The lowest BCUT2D eigenvalue weighted by Gasteiger charge is -2.34. The van der Waals surface area contributed by atoms with Gasteiger partial charge in [0, 0.05) is 5.57 Å². The molecule has 0 aromatic carbocycles. The van der Waals surface area contributed by atoms with Crippen molar-refractivity contribution in [3.63, 3.8) is 0 Å². The Kier molecular flexibility index (Phi) is 16.1. The lowest BCUT2D eigenvalue weighted by Crippen LogP contribution is -2.54. The number of ether oxygens (including phenoxy) is 7. The first kappa shape index (κ1) is 43.6. The topological polar surface area (TPSA) is 184 Å². The van der Waals surface area contributed by atoms with Crippen LogP contribution < -0.4 is 0 Å². The molecule has 0 aliphatic heterocycles. The molecular formula is C28H36F6O14. The molecule has 0 spiro atoms. The van der Waals surface area contributed by atoms with E-state index in [1.807, 2.05) is 0 Å². The second-order valence-corrected chi connectivity index (χ2v) is 9.94. The number of carbonyl (C=O) groups is 7. The molecule has 20 heteroatoms. The van der Waals surface area contributed by atoms with Crippen LogP contribution in [-0.2, 0) is 66.7 Å². The zero-order valence-corrected chi connectivity index (χ0v) is 27.0. The number of methoxy groups -OCH3 is 3. The van der Waals surface area contributed by atoms with Gasteiger partial charge in [0.2, 0.25) is 5.60 Å². The Bertz CT molecular complexity index is 1180. The fourth-order valence-electron chi connectivity index (χ4n) is 3.73. The van der Waals surface area contributed by atoms with Crippen LogP contribution in [0.2, 0.25) is 0 Å². The van der Waals surface area contributed by atoms with Crippen LogP contribution in [0, 0.1) is 0 Å². The predicted molar refractivity (Wildman–Crippen MR) is 144 cm³/mol. The first-order valence-electron chi connectivity index (χ1n) is 13.9. The molecule has 3 atom stereocenters. The molecule has 0 saturated heterocycles. The highest BCUT2D eigenvalue weighted by atomic mass is 19.3. The Morgan fingerprint density at radius 1 is 0.562 bits per heavy atom. The van der Waals surface area contributed by atoms with Crippen LogP contribution in [0.4, 0.5) is 26.3 Å². The van der Waals surface area contributed by atoms with Crippen LogP contribution in [0.1, 0.15) is 59.8 Å². The van der Waals surface area contributed by atoms with E-state index in [1.54, 1.807) is 0 Å². The van der Waals surface area contributed by atoms with Crippen molar-refractivity contribution >= 4 is 41.8 Å². The molecule has 0 N–H and O–H groups in total. The standard InChI is InChI=1S/C28H36F6O14/c1-9-15(26(29,30)22(39)42-6)45-18(35)12-25(48-20(37)14(4)5,21(38)47-17(11-3)28(33,34)24(41)44-8)13-19(36)46-16(10-2)27(31,32)23(40)43-7/h15-17H,4,9-13H2,1-3,5-8H3. The average molecular weight is 711 g/mol. The zero-order valence-electron chi connectivity index (χ0n) is 27.0. The maximum Gasteiger partial charge on any atom is 0.380 e. The molecule has 274 valence electrons. The third kappa shape index (κ3) is 10.6. The molecule has 0 bridgehead atoms. The Hall–Kier alpha value is -4.39. The summed E-state index contributed by atoms with van der Waals surface area (Å²) in [5.41, 5.74) is -4.12. The highest BCUT2D eigenvalue weighted by molar-refractivity contribution is 5.96. The van der Waals surface area contributed by atoms with Crippen molar-refractivity contribution in [3.8, 4) is 0 Å². The van der Waals surface area contributed by atoms with Gasteiger partial charge in [-0.25, -0.2) is 24.0 Å². The molecule has 0 amide bonds. The minimum Gasteiger partial charge on any atom is -0.464 e. The maximum atomic E-state index is 14.8. The van der Waals surface area contributed by atoms with E-state index in [0.717, 1.165) is 27.7 Å². The lowest BCUT2D eigenvalue weighted by atomic mass is 9.94. The van der Waals surface area contributed by atoms with E-state index in [4.69, 9.17) is 4.74 Å². The summed E-state index contributed by atoms with van der Waals surface area (Å²) < 4.78 is 119. The fourth-order valence-corrected chi connectivity index (χ4v) is 3.73. The Morgan fingerprint density at radius 3 is 1.10 bits per heavy atom. The van der Waals surface area contributed by atoms with Crippen molar-refractivity contribution in [1.82, 2.24) is 0 Å². The number of halogens is 6. The molecule has 0 aromatic rings. The fraction of sp³-hybridized carbons (Fsp3) is 0.679. The minimum atomic E-state index is -4.62. The highest BCUT2D eigenvalue weighted by Gasteiger charge is 2.57. The van der Waals surface area contributed by atoms with Gasteiger partial charge in [0.05, 0.1) is 34.2 Å². The van der Waals surface area contributed by atoms with Gasteiger partial charge in [-0.1, -0.05) is 27.4 Å². The van der Waals surface area contributed by atoms with Crippen LogP contribution in [0.15, 0.2) is 12.2 Å². The van der Waals surface area contributed by atoms with E-state index in [2.05, 4.69) is 35.0 Å². The Morgan fingerprint density at radius 2 is 0.854 bits per heavy atom. The van der Waals surface area contributed by atoms with Crippen LogP contribution >= 0.6 is 0 Å². The van der Waals surface area contributed by atoms with E-state index < -0.39 is 121 Å². The monoisotopic (exact) mass is 710 g/mol. The third-order valence-corrected chi connectivity index (χ3v) is 6.36. The van der Waals surface area contributed by atoms with Crippen molar-refractivity contribution in [2.75, 3.05) is 21.3 Å². The number of rotatable bonds is 19. The summed E-state index contributed by atoms with van der Waals surface area (Å²) in [6.45, 7) is 7.18. The number of carbonyl (C=O) groups excluding carboxylic acids is 7. The second kappa shape index (κ2) is 17.7. The first-order chi connectivity index (χ1) is 22.0. The van der Waals surface area contributed by atoms with Gasteiger partial charge in [0.1, 0.15) is 0 Å². The highest BCUT2D eigenvalue weighted by Crippen LogP contribution is 2.34. The van der Waals surface area contributed by atoms with E-state index in [0.29, 0.717) is 21.3 Å². The van der Waals surface area contributed by atoms with Gasteiger partial charge in [0.15, 0.2) is 18.3 Å². The third-order valence-electron chi connectivity index (χ3n) is 6.36. The number of hydrogen-bond acceptors (Lipinski definition) is 14. The lowest BCUT2D eigenvalue weighted by molar-refractivity contribution is -0.216. The Balaban J connectivity index is 7.20. The number of hydrogen-bond donors (Lipinski definition) is 0. The molecule has 14 nitrogen and oxygen atoms in total. The quantitative estimate of drug-likeness (QED) is 0.0825. The summed E-state index contributed by atoms with van der Waals surface area (Å²) in [6.07, 6.45) is -14.1. The van der Waals surface area contributed by atoms with E-state index in [1.165, 1.54) is 0 Å². The molecule has 48 heavy (non-hydrogen) atoms. The Labute approximate surface area is 270 Å². The number of alkyl halides is 6. The number of esters is 7. The van der Waals surface area contributed by atoms with Gasteiger partial charge < -0.3 is 33.2 Å². The van der Waals surface area contributed by atoms with Gasteiger partial charge in [-0.3, -0.25) is 9.59 Å².